The monoisotopic (exact) mass is 346 g/mol. The topological polar surface area (TPSA) is 66.9 Å². The maximum atomic E-state index is 11.5. The SMILES string of the molecule is CC(=O)c1cccc(Nc2nc(C)cc(NCCc3ccccc3)n2)c1. The molecule has 0 aliphatic rings. The van der Waals surface area contributed by atoms with E-state index in [9.17, 15) is 4.79 Å². The molecule has 0 spiro atoms. The molecule has 1 heterocycles. The number of aryl methyl sites for hydroxylation is 1. The van der Waals surface area contributed by atoms with Crippen molar-refractivity contribution in [2.75, 3.05) is 17.2 Å². The molecule has 0 saturated heterocycles. The van der Waals surface area contributed by atoms with Crippen LogP contribution in [0.15, 0.2) is 60.7 Å². The van der Waals surface area contributed by atoms with E-state index in [2.05, 4.69) is 32.7 Å². The summed E-state index contributed by atoms with van der Waals surface area (Å²) in [5.41, 5.74) is 3.60. The highest BCUT2D eigenvalue weighted by atomic mass is 16.1. The molecule has 2 aromatic carbocycles. The van der Waals surface area contributed by atoms with E-state index in [0.717, 1.165) is 30.2 Å². The minimum Gasteiger partial charge on any atom is -0.370 e. The molecular weight excluding hydrogens is 324 g/mol. The Kier molecular flexibility index (Phi) is 5.59. The van der Waals surface area contributed by atoms with E-state index in [-0.39, 0.29) is 5.78 Å². The van der Waals surface area contributed by atoms with Crippen LogP contribution in [0, 0.1) is 6.92 Å². The summed E-state index contributed by atoms with van der Waals surface area (Å²) in [6.07, 6.45) is 0.924. The summed E-state index contributed by atoms with van der Waals surface area (Å²) in [5, 5.41) is 6.52. The van der Waals surface area contributed by atoms with Crippen molar-refractivity contribution in [3.63, 3.8) is 0 Å². The molecule has 2 N–H and O–H groups in total. The average Bonchev–Trinajstić information content (AvgIpc) is 2.62. The smallest absolute Gasteiger partial charge is 0.229 e. The van der Waals surface area contributed by atoms with E-state index in [1.165, 1.54) is 5.56 Å². The van der Waals surface area contributed by atoms with Crippen LogP contribution >= 0.6 is 0 Å². The molecule has 0 amide bonds. The number of carbonyl (C=O) groups excluding carboxylic acids is 1. The lowest BCUT2D eigenvalue weighted by molar-refractivity contribution is 0.101. The zero-order valence-corrected chi connectivity index (χ0v) is 15.0. The molecule has 0 aliphatic carbocycles. The van der Waals surface area contributed by atoms with Gasteiger partial charge in [-0.2, -0.15) is 4.98 Å². The van der Waals surface area contributed by atoms with Crippen LogP contribution in [0.4, 0.5) is 17.5 Å². The maximum Gasteiger partial charge on any atom is 0.229 e. The van der Waals surface area contributed by atoms with Crippen LogP contribution in [0.3, 0.4) is 0 Å². The number of hydrogen-bond donors (Lipinski definition) is 2. The predicted molar refractivity (Wildman–Crippen MR) is 105 cm³/mol. The quantitative estimate of drug-likeness (QED) is 0.621. The van der Waals surface area contributed by atoms with Gasteiger partial charge < -0.3 is 10.6 Å². The molecule has 0 bridgehead atoms. The number of rotatable bonds is 7. The number of Topliss-reactive ketones (excluding diaryl/α,β-unsaturated/α-hetero) is 1. The Morgan fingerprint density at radius 3 is 2.58 bits per heavy atom. The molecule has 132 valence electrons. The van der Waals surface area contributed by atoms with Crippen molar-refractivity contribution in [2.24, 2.45) is 0 Å². The summed E-state index contributed by atoms with van der Waals surface area (Å²) in [4.78, 5) is 20.5. The summed E-state index contributed by atoms with van der Waals surface area (Å²) in [6, 6.07) is 19.6. The van der Waals surface area contributed by atoms with Crippen LogP contribution in [0.2, 0.25) is 0 Å². The van der Waals surface area contributed by atoms with Crippen LogP contribution in [-0.2, 0) is 6.42 Å². The first-order valence-electron chi connectivity index (χ1n) is 8.62. The van der Waals surface area contributed by atoms with Crippen molar-refractivity contribution in [1.29, 1.82) is 0 Å². The van der Waals surface area contributed by atoms with Crippen LogP contribution in [0.5, 0.6) is 0 Å². The number of carbonyl (C=O) groups is 1. The number of aromatic nitrogens is 2. The van der Waals surface area contributed by atoms with Gasteiger partial charge in [-0.15, -0.1) is 0 Å². The van der Waals surface area contributed by atoms with Gasteiger partial charge in [-0.3, -0.25) is 4.79 Å². The first kappa shape index (κ1) is 17.6. The fraction of sp³-hybridized carbons (Fsp3) is 0.190. The highest BCUT2D eigenvalue weighted by Gasteiger charge is 2.05. The molecular formula is C21H22N4O. The molecule has 26 heavy (non-hydrogen) atoms. The van der Waals surface area contributed by atoms with E-state index in [1.54, 1.807) is 19.1 Å². The van der Waals surface area contributed by atoms with Crippen LogP contribution in [0.1, 0.15) is 28.5 Å². The summed E-state index contributed by atoms with van der Waals surface area (Å²) >= 11 is 0. The Morgan fingerprint density at radius 2 is 1.81 bits per heavy atom. The molecule has 0 fully saturated rings. The van der Waals surface area contributed by atoms with E-state index >= 15 is 0 Å². The predicted octanol–water partition coefficient (Wildman–Crippen LogP) is 4.39. The lowest BCUT2D eigenvalue weighted by Gasteiger charge is -2.10. The Bertz CT molecular complexity index is 894. The summed E-state index contributed by atoms with van der Waals surface area (Å²) in [6.45, 7) is 4.28. The number of benzene rings is 2. The number of anilines is 3. The molecule has 5 heteroatoms. The van der Waals surface area contributed by atoms with Crippen molar-refractivity contribution in [3.05, 3.63) is 77.5 Å². The average molecular weight is 346 g/mol. The Balaban J connectivity index is 1.67. The Labute approximate surface area is 153 Å². The molecule has 0 saturated carbocycles. The van der Waals surface area contributed by atoms with Crippen LogP contribution in [0.25, 0.3) is 0 Å². The van der Waals surface area contributed by atoms with Crippen molar-refractivity contribution in [2.45, 2.75) is 20.3 Å². The van der Waals surface area contributed by atoms with Crippen molar-refractivity contribution >= 4 is 23.2 Å². The van der Waals surface area contributed by atoms with Gasteiger partial charge in [0, 0.05) is 29.6 Å². The van der Waals surface area contributed by atoms with Crippen LogP contribution in [-0.4, -0.2) is 22.3 Å². The van der Waals surface area contributed by atoms with Gasteiger partial charge in [0.2, 0.25) is 5.95 Å². The van der Waals surface area contributed by atoms with Crippen molar-refractivity contribution in [3.8, 4) is 0 Å². The third kappa shape index (κ3) is 4.89. The molecule has 3 aromatic rings. The van der Waals surface area contributed by atoms with E-state index in [4.69, 9.17) is 0 Å². The summed E-state index contributed by atoms with van der Waals surface area (Å²) < 4.78 is 0. The molecule has 5 nitrogen and oxygen atoms in total. The number of nitrogens with one attached hydrogen (secondary N) is 2. The second-order valence-corrected chi connectivity index (χ2v) is 6.14. The molecule has 0 atom stereocenters. The highest BCUT2D eigenvalue weighted by molar-refractivity contribution is 5.95. The van der Waals surface area contributed by atoms with Gasteiger partial charge in [0.25, 0.3) is 0 Å². The molecule has 3 rings (SSSR count). The molecule has 0 radical (unpaired) electrons. The molecule has 1 aromatic heterocycles. The number of nitrogens with zero attached hydrogens (tertiary/aromatic N) is 2. The van der Waals surface area contributed by atoms with Gasteiger partial charge in [-0.25, -0.2) is 4.98 Å². The van der Waals surface area contributed by atoms with Gasteiger partial charge in [0.05, 0.1) is 0 Å². The zero-order chi connectivity index (χ0) is 18.4. The third-order valence-corrected chi connectivity index (χ3v) is 3.94. The Hall–Kier alpha value is -3.21. The number of hydrogen-bond acceptors (Lipinski definition) is 5. The molecule has 0 aliphatic heterocycles. The largest absolute Gasteiger partial charge is 0.370 e. The van der Waals surface area contributed by atoms with Gasteiger partial charge >= 0.3 is 0 Å². The van der Waals surface area contributed by atoms with Crippen molar-refractivity contribution in [1.82, 2.24) is 9.97 Å². The number of ketones is 1. The summed E-state index contributed by atoms with van der Waals surface area (Å²) in [5.74, 6) is 1.31. The van der Waals surface area contributed by atoms with Gasteiger partial charge in [-0.05, 0) is 38.0 Å². The fourth-order valence-corrected chi connectivity index (χ4v) is 2.64. The first-order valence-corrected chi connectivity index (χ1v) is 8.62. The van der Waals surface area contributed by atoms with E-state index in [0.29, 0.717) is 11.5 Å². The van der Waals surface area contributed by atoms with Crippen molar-refractivity contribution < 1.29 is 4.79 Å². The minimum atomic E-state index is 0.0297. The first-order chi connectivity index (χ1) is 12.6. The molecule has 0 unspecified atom stereocenters. The second kappa shape index (κ2) is 8.25. The third-order valence-electron chi connectivity index (χ3n) is 3.94. The minimum absolute atomic E-state index is 0.0297. The summed E-state index contributed by atoms with van der Waals surface area (Å²) in [7, 11) is 0. The van der Waals surface area contributed by atoms with Gasteiger partial charge in [-0.1, -0.05) is 42.5 Å². The zero-order valence-electron chi connectivity index (χ0n) is 15.0. The lowest BCUT2D eigenvalue weighted by Crippen LogP contribution is -2.08. The fourth-order valence-electron chi connectivity index (χ4n) is 2.64. The van der Waals surface area contributed by atoms with E-state index < -0.39 is 0 Å². The normalized spacial score (nSPS) is 10.4. The second-order valence-electron chi connectivity index (χ2n) is 6.14. The highest BCUT2D eigenvalue weighted by Crippen LogP contribution is 2.17. The lowest BCUT2D eigenvalue weighted by atomic mass is 10.1. The van der Waals surface area contributed by atoms with Gasteiger partial charge in [0.15, 0.2) is 5.78 Å². The standard InChI is InChI=1S/C21H22N4O/c1-15-13-20(22-12-11-17-7-4-3-5-8-17)25-21(23-15)24-19-10-6-9-18(14-19)16(2)26/h3-10,13-14H,11-12H2,1-2H3,(H2,22,23,24,25). The van der Waals surface area contributed by atoms with Gasteiger partial charge in [0.1, 0.15) is 5.82 Å². The maximum absolute atomic E-state index is 11.5. The van der Waals surface area contributed by atoms with Crippen LogP contribution < -0.4 is 10.6 Å². The Morgan fingerprint density at radius 1 is 1.00 bits per heavy atom. The van der Waals surface area contributed by atoms with E-state index in [1.807, 2.05) is 43.3 Å².